The summed E-state index contributed by atoms with van der Waals surface area (Å²) in [6.45, 7) is 1.07. The molecule has 0 aliphatic heterocycles. The number of benzene rings is 2. The number of phenolic OH excluding ortho intramolecular Hbond substituents is 1. The molecule has 1 amide bonds. The first-order chi connectivity index (χ1) is 11.9. The van der Waals surface area contributed by atoms with E-state index in [4.69, 9.17) is 4.74 Å². The molecule has 0 saturated heterocycles. The lowest BCUT2D eigenvalue weighted by Gasteiger charge is -2.09. The highest BCUT2D eigenvalue weighted by Crippen LogP contribution is 2.27. The van der Waals surface area contributed by atoms with E-state index >= 15 is 0 Å². The number of nitro benzene ring substituents is 1. The molecule has 25 heavy (non-hydrogen) atoms. The molecule has 0 spiro atoms. The number of esters is 1. The van der Waals surface area contributed by atoms with Crippen molar-refractivity contribution in [2.45, 2.75) is 13.3 Å². The van der Waals surface area contributed by atoms with Crippen LogP contribution in [-0.2, 0) is 20.7 Å². The van der Waals surface area contributed by atoms with Crippen LogP contribution in [-0.4, -0.2) is 28.5 Å². The molecule has 0 unspecified atom stereocenters. The van der Waals surface area contributed by atoms with Crippen LogP contribution in [0.3, 0.4) is 0 Å². The third-order valence-corrected chi connectivity index (χ3v) is 3.36. The number of nitrogens with zero attached hydrogens (tertiary/aromatic N) is 1. The maximum Gasteiger partial charge on any atom is 0.310 e. The summed E-state index contributed by atoms with van der Waals surface area (Å²) in [5, 5.41) is 22.6. The number of phenols is 1. The Kier molecular flexibility index (Phi) is 5.67. The van der Waals surface area contributed by atoms with E-state index in [0.29, 0.717) is 11.1 Å². The van der Waals surface area contributed by atoms with Crippen molar-refractivity contribution in [1.29, 1.82) is 0 Å². The lowest BCUT2D eigenvalue weighted by molar-refractivity contribution is -0.384. The average Bonchev–Trinajstić information content (AvgIpc) is 2.56. The molecule has 0 heterocycles. The molecule has 0 aliphatic rings. The van der Waals surface area contributed by atoms with E-state index in [1.54, 1.807) is 25.1 Å². The highest BCUT2D eigenvalue weighted by Gasteiger charge is 2.18. The standard InChI is InChI=1S/C17H16N2O6/c1-11-3-2-4-14(19(23)24)17(11)18-15(21)10-25-16(22)9-12-5-7-13(20)8-6-12/h2-8,20H,9-10H2,1H3,(H,18,21). The van der Waals surface area contributed by atoms with Crippen LogP contribution in [0, 0.1) is 17.0 Å². The van der Waals surface area contributed by atoms with Gasteiger partial charge in [0, 0.05) is 6.07 Å². The smallest absolute Gasteiger partial charge is 0.310 e. The summed E-state index contributed by atoms with van der Waals surface area (Å²) >= 11 is 0. The number of nitro groups is 1. The molecule has 8 nitrogen and oxygen atoms in total. The molecule has 0 aromatic heterocycles. The van der Waals surface area contributed by atoms with Crippen LogP contribution in [0.4, 0.5) is 11.4 Å². The number of carbonyl (C=O) groups is 2. The Balaban J connectivity index is 1.92. The van der Waals surface area contributed by atoms with Gasteiger partial charge in [0.1, 0.15) is 11.4 Å². The molecule has 2 rings (SSSR count). The number of carbonyl (C=O) groups excluding carboxylic acids is 2. The van der Waals surface area contributed by atoms with E-state index in [1.807, 2.05) is 0 Å². The Hall–Kier alpha value is -3.42. The molecule has 130 valence electrons. The van der Waals surface area contributed by atoms with Crippen molar-refractivity contribution in [3.63, 3.8) is 0 Å². The first-order valence-corrected chi connectivity index (χ1v) is 7.34. The normalized spacial score (nSPS) is 10.1. The fourth-order valence-electron chi connectivity index (χ4n) is 2.12. The Labute approximate surface area is 143 Å². The SMILES string of the molecule is Cc1cccc([N+](=O)[O-])c1NC(=O)COC(=O)Cc1ccc(O)cc1. The topological polar surface area (TPSA) is 119 Å². The van der Waals surface area contributed by atoms with E-state index in [2.05, 4.69) is 5.32 Å². The molecule has 0 atom stereocenters. The van der Waals surface area contributed by atoms with Crippen molar-refractivity contribution < 1.29 is 24.4 Å². The quantitative estimate of drug-likeness (QED) is 0.471. The van der Waals surface area contributed by atoms with Crippen molar-refractivity contribution in [3.05, 3.63) is 63.7 Å². The number of aryl methyl sites for hydroxylation is 1. The van der Waals surface area contributed by atoms with Crippen LogP contribution in [0.1, 0.15) is 11.1 Å². The number of nitrogens with one attached hydrogen (secondary N) is 1. The van der Waals surface area contributed by atoms with Crippen molar-refractivity contribution in [3.8, 4) is 5.75 Å². The first kappa shape index (κ1) is 17.9. The molecule has 2 aromatic carbocycles. The zero-order valence-electron chi connectivity index (χ0n) is 13.4. The van der Waals surface area contributed by atoms with Gasteiger partial charge in [0.25, 0.3) is 11.6 Å². The van der Waals surface area contributed by atoms with Gasteiger partial charge in [0.2, 0.25) is 0 Å². The molecule has 8 heteroatoms. The Bertz CT molecular complexity index is 801. The summed E-state index contributed by atoms with van der Waals surface area (Å²) in [6, 6.07) is 10.4. The lowest BCUT2D eigenvalue weighted by atomic mass is 10.1. The number of amides is 1. The van der Waals surface area contributed by atoms with E-state index in [-0.39, 0.29) is 23.5 Å². The van der Waals surface area contributed by atoms with Gasteiger partial charge < -0.3 is 15.2 Å². The second kappa shape index (κ2) is 7.91. The second-order valence-corrected chi connectivity index (χ2v) is 5.28. The number of hydrogen-bond donors (Lipinski definition) is 2. The van der Waals surface area contributed by atoms with E-state index in [1.165, 1.54) is 24.3 Å². The van der Waals surface area contributed by atoms with Crippen molar-refractivity contribution in [1.82, 2.24) is 0 Å². The van der Waals surface area contributed by atoms with Crippen LogP contribution < -0.4 is 5.32 Å². The monoisotopic (exact) mass is 344 g/mol. The third kappa shape index (κ3) is 5.03. The predicted molar refractivity (Wildman–Crippen MR) is 89.2 cm³/mol. The lowest BCUT2D eigenvalue weighted by Crippen LogP contribution is -2.22. The minimum absolute atomic E-state index is 0.0575. The summed E-state index contributed by atoms with van der Waals surface area (Å²) < 4.78 is 4.87. The van der Waals surface area contributed by atoms with Gasteiger partial charge in [-0.15, -0.1) is 0 Å². The number of anilines is 1. The Morgan fingerprint density at radius 2 is 1.88 bits per heavy atom. The summed E-state index contributed by atoms with van der Waals surface area (Å²) in [7, 11) is 0. The Morgan fingerprint density at radius 1 is 1.20 bits per heavy atom. The van der Waals surface area contributed by atoms with Crippen LogP contribution >= 0.6 is 0 Å². The summed E-state index contributed by atoms with van der Waals surface area (Å²) in [5.41, 5.74) is 0.992. The molecular formula is C17H16N2O6. The van der Waals surface area contributed by atoms with Gasteiger partial charge in [-0.2, -0.15) is 0 Å². The van der Waals surface area contributed by atoms with Gasteiger partial charge in [0.05, 0.1) is 11.3 Å². The highest BCUT2D eigenvalue weighted by molar-refractivity contribution is 5.95. The van der Waals surface area contributed by atoms with Crippen molar-refractivity contribution in [2.75, 3.05) is 11.9 Å². The van der Waals surface area contributed by atoms with Crippen LogP contribution in [0.15, 0.2) is 42.5 Å². The van der Waals surface area contributed by atoms with Gasteiger partial charge in [-0.1, -0.05) is 24.3 Å². The fourth-order valence-corrected chi connectivity index (χ4v) is 2.12. The molecule has 0 saturated carbocycles. The zero-order valence-corrected chi connectivity index (χ0v) is 13.4. The minimum Gasteiger partial charge on any atom is -0.508 e. The molecular weight excluding hydrogens is 328 g/mol. The first-order valence-electron chi connectivity index (χ1n) is 7.34. The number of aromatic hydroxyl groups is 1. The Morgan fingerprint density at radius 3 is 2.52 bits per heavy atom. The van der Waals surface area contributed by atoms with E-state index in [0.717, 1.165) is 0 Å². The molecule has 2 N–H and O–H groups in total. The summed E-state index contributed by atoms with van der Waals surface area (Å²) in [5.74, 6) is -1.21. The molecule has 2 aromatic rings. The number of rotatable bonds is 6. The minimum atomic E-state index is -0.670. The number of para-hydroxylation sites is 1. The van der Waals surface area contributed by atoms with Gasteiger partial charge in [-0.25, -0.2) is 0 Å². The second-order valence-electron chi connectivity index (χ2n) is 5.28. The predicted octanol–water partition coefficient (Wildman–Crippen LogP) is 2.33. The summed E-state index contributed by atoms with van der Waals surface area (Å²) in [4.78, 5) is 34.0. The fraction of sp³-hybridized carbons (Fsp3) is 0.176. The van der Waals surface area contributed by atoms with Gasteiger partial charge in [-0.3, -0.25) is 19.7 Å². The highest BCUT2D eigenvalue weighted by atomic mass is 16.6. The van der Waals surface area contributed by atoms with Gasteiger partial charge in [0.15, 0.2) is 6.61 Å². The van der Waals surface area contributed by atoms with Crippen molar-refractivity contribution >= 4 is 23.3 Å². The zero-order chi connectivity index (χ0) is 18.4. The van der Waals surface area contributed by atoms with E-state index in [9.17, 15) is 24.8 Å². The molecule has 0 bridgehead atoms. The number of ether oxygens (including phenoxy) is 1. The van der Waals surface area contributed by atoms with Gasteiger partial charge in [-0.05, 0) is 30.2 Å². The van der Waals surface area contributed by atoms with Crippen LogP contribution in [0.5, 0.6) is 5.75 Å². The summed E-state index contributed by atoms with van der Waals surface area (Å²) in [6.07, 6.45) is -0.0575. The maximum absolute atomic E-state index is 11.9. The van der Waals surface area contributed by atoms with Gasteiger partial charge >= 0.3 is 5.97 Å². The molecule has 0 fully saturated rings. The third-order valence-electron chi connectivity index (χ3n) is 3.36. The maximum atomic E-state index is 11.9. The average molecular weight is 344 g/mol. The molecule has 0 radical (unpaired) electrons. The largest absolute Gasteiger partial charge is 0.508 e. The van der Waals surface area contributed by atoms with E-state index < -0.39 is 23.4 Å². The van der Waals surface area contributed by atoms with Crippen LogP contribution in [0.2, 0.25) is 0 Å². The van der Waals surface area contributed by atoms with Crippen LogP contribution in [0.25, 0.3) is 0 Å². The van der Waals surface area contributed by atoms with Crippen molar-refractivity contribution in [2.24, 2.45) is 0 Å². The molecule has 0 aliphatic carbocycles. The number of hydrogen-bond acceptors (Lipinski definition) is 6.